The first-order chi connectivity index (χ1) is 12.4. The first kappa shape index (κ1) is 17.4. The predicted octanol–water partition coefficient (Wildman–Crippen LogP) is 4.69. The van der Waals surface area contributed by atoms with Crippen molar-refractivity contribution in [3.8, 4) is 22.5 Å². The van der Waals surface area contributed by atoms with E-state index >= 15 is 0 Å². The lowest BCUT2D eigenvalue weighted by Crippen LogP contribution is -1.99. The fourth-order valence-electron chi connectivity index (χ4n) is 2.80. The second-order valence-corrected chi connectivity index (χ2v) is 5.91. The maximum Gasteiger partial charge on any atom is 0.146 e. The van der Waals surface area contributed by atoms with E-state index in [4.69, 9.17) is 14.5 Å². The first-order valence-electron chi connectivity index (χ1n) is 8.65. The summed E-state index contributed by atoms with van der Waals surface area (Å²) in [5.74, 6) is 1.02. The molecule has 3 aromatic rings. The Morgan fingerprint density at radius 1 is 0.880 bits per heavy atom. The van der Waals surface area contributed by atoms with E-state index in [-0.39, 0.29) is 0 Å². The fraction of sp³-hybridized carbons (Fsp3) is 0.286. The molecular formula is C21H24N2O2. The Balaban J connectivity index is 1.76. The van der Waals surface area contributed by atoms with Gasteiger partial charge in [0.15, 0.2) is 0 Å². The largest absolute Gasteiger partial charge is 0.359 e. The molecule has 0 amide bonds. The standard InChI is InChI=1S/C21H24N2O2/c1-24-16-25-15-9-8-14-19-22-20(17-10-4-2-5-11-17)21(23-19)18-12-6-3-7-13-18/h2-7,10-13H,8-9,14-16H2,1H3,(H,22,23). The van der Waals surface area contributed by atoms with Crippen molar-refractivity contribution < 1.29 is 9.47 Å². The van der Waals surface area contributed by atoms with E-state index in [2.05, 4.69) is 41.4 Å². The molecular weight excluding hydrogens is 312 g/mol. The highest BCUT2D eigenvalue weighted by molar-refractivity contribution is 5.78. The van der Waals surface area contributed by atoms with Crippen LogP contribution in [0.1, 0.15) is 18.7 Å². The normalized spacial score (nSPS) is 10.9. The number of H-pyrrole nitrogens is 1. The van der Waals surface area contributed by atoms with E-state index in [1.165, 1.54) is 0 Å². The van der Waals surface area contributed by atoms with Crippen molar-refractivity contribution in [2.75, 3.05) is 20.5 Å². The number of methoxy groups -OCH3 is 1. The van der Waals surface area contributed by atoms with Crippen LogP contribution in [-0.4, -0.2) is 30.5 Å². The van der Waals surface area contributed by atoms with Gasteiger partial charge in [-0.3, -0.25) is 0 Å². The average Bonchev–Trinajstić information content (AvgIpc) is 3.10. The van der Waals surface area contributed by atoms with Crippen LogP contribution in [0.2, 0.25) is 0 Å². The van der Waals surface area contributed by atoms with Gasteiger partial charge in [0.1, 0.15) is 12.6 Å². The molecule has 25 heavy (non-hydrogen) atoms. The summed E-state index contributed by atoms with van der Waals surface area (Å²) in [4.78, 5) is 8.39. The number of hydrogen-bond donors (Lipinski definition) is 1. The van der Waals surface area contributed by atoms with Gasteiger partial charge in [0.05, 0.1) is 11.4 Å². The van der Waals surface area contributed by atoms with Crippen molar-refractivity contribution >= 4 is 0 Å². The molecule has 0 radical (unpaired) electrons. The summed E-state index contributed by atoms with van der Waals surface area (Å²) in [6, 6.07) is 20.7. The number of imidazole rings is 1. The van der Waals surface area contributed by atoms with E-state index in [1.807, 2.05) is 24.3 Å². The maximum absolute atomic E-state index is 5.34. The summed E-state index contributed by atoms with van der Waals surface area (Å²) in [5.41, 5.74) is 4.38. The van der Waals surface area contributed by atoms with E-state index in [0.717, 1.165) is 47.6 Å². The second-order valence-electron chi connectivity index (χ2n) is 5.91. The quantitative estimate of drug-likeness (QED) is 0.455. The Kier molecular flexibility index (Phi) is 6.37. The molecule has 1 N–H and O–H groups in total. The summed E-state index contributed by atoms with van der Waals surface area (Å²) in [7, 11) is 1.64. The summed E-state index contributed by atoms with van der Waals surface area (Å²) >= 11 is 0. The third kappa shape index (κ3) is 4.78. The first-order valence-corrected chi connectivity index (χ1v) is 8.65. The molecule has 1 aromatic heterocycles. The molecule has 0 bridgehead atoms. The van der Waals surface area contributed by atoms with Crippen LogP contribution in [0.3, 0.4) is 0 Å². The van der Waals surface area contributed by atoms with Crippen LogP contribution < -0.4 is 0 Å². The number of rotatable bonds is 9. The SMILES string of the molecule is COCOCCCCc1nc(-c2ccccc2)c(-c2ccccc2)[nH]1. The van der Waals surface area contributed by atoms with Crippen LogP contribution in [0.25, 0.3) is 22.5 Å². The van der Waals surface area contributed by atoms with Gasteiger partial charge in [0.25, 0.3) is 0 Å². The number of aromatic amines is 1. The number of unbranched alkanes of at least 4 members (excludes halogenated alkanes) is 1. The molecule has 0 atom stereocenters. The number of ether oxygens (including phenoxy) is 2. The van der Waals surface area contributed by atoms with Crippen LogP contribution in [0, 0.1) is 0 Å². The zero-order valence-electron chi connectivity index (χ0n) is 14.6. The van der Waals surface area contributed by atoms with E-state index in [1.54, 1.807) is 7.11 Å². The van der Waals surface area contributed by atoms with Crippen LogP contribution in [0.4, 0.5) is 0 Å². The number of nitrogens with zero attached hydrogens (tertiary/aromatic N) is 1. The third-order valence-electron chi connectivity index (χ3n) is 4.02. The Bertz CT molecular complexity index is 697. The maximum atomic E-state index is 5.34. The molecule has 4 heteroatoms. The Hall–Kier alpha value is -2.43. The van der Waals surface area contributed by atoms with Gasteiger partial charge in [-0.25, -0.2) is 4.98 Å². The number of nitrogens with one attached hydrogen (secondary N) is 1. The van der Waals surface area contributed by atoms with Crippen molar-refractivity contribution in [1.29, 1.82) is 0 Å². The van der Waals surface area contributed by atoms with Crippen LogP contribution in [0.5, 0.6) is 0 Å². The minimum atomic E-state index is 0.358. The lowest BCUT2D eigenvalue weighted by atomic mass is 10.1. The van der Waals surface area contributed by atoms with Gasteiger partial charge in [-0.05, 0) is 12.8 Å². The Morgan fingerprint density at radius 2 is 1.56 bits per heavy atom. The molecule has 0 fully saturated rings. The lowest BCUT2D eigenvalue weighted by molar-refractivity contribution is -0.0314. The highest BCUT2D eigenvalue weighted by atomic mass is 16.7. The number of aromatic nitrogens is 2. The zero-order valence-corrected chi connectivity index (χ0v) is 14.6. The topological polar surface area (TPSA) is 47.1 Å². The van der Waals surface area contributed by atoms with Gasteiger partial charge >= 0.3 is 0 Å². The molecule has 130 valence electrons. The van der Waals surface area contributed by atoms with Gasteiger partial charge in [-0.1, -0.05) is 60.7 Å². The molecule has 4 nitrogen and oxygen atoms in total. The molecule has 0 saturated carbocycles. The zero-order chi connectivity index (χ0) is 17.3. The molecule has 0 aliphatic carbocycles. The van der Waals surface area contributed by atoms with Gasteiger partial charge in [0.2, 0.25) is 0 Å². The van der Waals surface area contributed by atoms with Gasteiger partial charge in [0, 0.05) is 31.3 Å². The van der Waals surface area contributed by atoms with Gasteiger partial charge in [-0.2, -0.15) is 0 Å². The average molecular weight is 336 g/mol. The second kappa shape index (κ2) is 9.16. The minimum absolute atomic E-state index is 0.358. The summed E-state index contributed by atoms with van der Waals surface area (Å²) in [5, 5.41) is 0. The van der Waals surface area contributed by atoms with Gasteiger partial charge < -0.3 is 14.5 Å². The smallest absolute Gasteiger partial charge is 0.146 e. The van der Waals surface area contributed by atoms with E-state index < -0.39 is 0 Å². The molecule has 2 aromatic carbocycles. The predicted molar refractivity (Wildman–Crippen MR) is 100 cm³/mol. The molecule has 0 aliphatic rings. The molecule has 0 aliphatic heterocycles. The van der Waals surface area contributed by atoms with Crippen molar-refractivity contribution in [2.45, 2.75) is 19.3 Å². The van der Waals surface area contributed by atoms with Crippen LogP contribution in [-0.2, 0) is 15.9 Å². The Morgan fingerprint density at radius 3 is 2.24 bits per heavy atom. The fourth-order valence-corrected chi connectivity index (χ4v) is 2.80. The van der Waals surface area contributed by atoms with Crippen molar-refractivity contribution in [3.05, 3.63) is 66.5 Å². The van der Waals surface area contributed by atoms with Crippen molar-refractivity contribution in [1.82, 2.24) is 9.97 Å². The van der Waals surface area contributed by atoms with E-state index in [9.17, 15) is 0 Å². The van der Waals surface area contributed by atoms with Gasteiger partial charge in [-0.15, -0.1) is 0 Å². The van der Waals surface area contributed by atoms with Crippen molar-refractivity contribution in [2.24, 2.45) is 0 Å². The molecule has 1 heterocycles. The summed E-state index contributed by atoms with van der Waals surface area (Å²) < 4.78 is 10.2. The minimum Gasteiger partial charge on any atom is -0.359 e. The highest BCUT2D eigenvalue weighted by Gasteiger charge is 2.13. The van der Waals surface area contributed by atoms with Crippen molar-refractivity contribution in [3.63, 3.8) is 0 Å². The third-order valence-corrected chi connectivity index (χ3v) is 4.02. The monoisotopic (exact) mass is 336 g/mol. The van der Waals surface area contributed by atoms with Crippen LogP contribution in [0.15, 0.2) is 60.7 Å². The molecule has 0 unspecified atom stereocenters. The molecule has 0 spiro atoms. The summed E-state index contributed by atoms with van der Waals surface area (Å²) in [6.07, 6.45) is 2.92. The number of benzene rings is 2. The molecule has 0 saturated heterocycles. The summed E-state index contributed by atoms with van der Waals surface area (Å²) in [6.45, 7) is 1.07. The number of hydrogen-bond acceptors (Lipinski definition) is 3. The molecule has 3 rings (SSSR count). The van der Waals surface area contributed by atoms with E-state index in [0.29, 0.717) is 13.4 Å². The van der Waals surface area contributed by atoms with Crippen LogP contribution >= 0.6 is 0 Å². The Labute approximate surface area is 148 Å². The lowest BCUT2D eigenvalue weighted by Gasteiger charge is -2.02. The number of aryl methyl sites for hydroxylation is 1. The highest BCUT2D eigenvalue weighted by Crippen LogP contribution is 2.30.